The van der Waals surface area contributed by atoms with Crippen molar-refractivity contribution in [2.75, 3.05) is 5.32 Å². The Morgan fingerprint density at radius 1 is 1.00 bits per heavy atom. The summed E-state index contributed by atoms with van der Waals surface area (Å²) in [6, 6.07) is 15.9. The molecule has 4 rings (SSSR count). The molecule has 0 bridgehead atoms. The van der Waals surface area contributed by atoms with Gasteiger partial charge in [0.2, 0.25) is 5.91 Å². The fourth-order valence-electron chi connectivity index (χ4n) is 3.39. The quantitative estimate of drug-likeness (QED) is 0.486. The van der Waals surface area contributed by atoms with Crippen LogP contribution in [-0.4, -0.2) is 15.5 Å². The fraction of sp³-hybridized carbons (Fsp3) is 0.208. The highest BCUT2D eigenvalue weighted by Gasteiger charge is 2.15. The number of aryl methyl sites for hydroxylation is 2. The summed E-state index contributed by atoms with van der Waals surface area (Å²) < 4.78 is 1.37. The minimum atomic E-state index is -0.258. The normalized spacial score (nSPS) is 11.0. The Morgan fingerprint density at radius 3 is 2.27 bits per heavy atom. The Hall–Kier alpha value is -3.25. The summed E-state index contributed by atoms with van der Waals surface area (Å²) in [6.07, 6.45) is 3.36. The Balaban J connectivity index is 1.60. The van der Waals surface area contributed by atoms with Crippen LogP contribution in [0.25, 0.3) is 21.3 Å². The Bertz CT molecular complexity index is 1240. The number of benzene rings is 2. The molecule has 1 amide bonds. The molecule has 0 radical (unpaired) electrons. The predicted octanol–water partition coefficient (Wildman–Crippen LogP) is 4.89. The van der Waals surface area contributed by atoms with E-state index in [2.05, 4.69) is 36.3 Å². The summed E-state index contributed by atoms with van der Waals surface area (Å²) in [5.41, 5.74) is 4.81. The second-order valence-electron chi connectivity index (χ2n) is 7.16. The van der Waals surface area contributed by atoms with E-state index in [0.717, 1.165) is 24.0 Å². The minimum absolute atomic E-state index is 0.0820. The van der Waals surface area contributed by atoms with Gasteiger partial charge in [0, 0.05) is 16.6 Å². The van der Waals surface area contributed by atoms with Gasteiger partial charge in [-0.25, -0.2) is 4.98 Å². The number of aromatic nitrogens is 2. The van der Waals surface area contributed by atoms with E-state index in [1.807, 2.05) is 41.8 Å². The van der Waals surface area contributed by atoms with Gasteiger partial charge < -0.3 is 5.32 Å². The minimum Gasteiger partial charge on any atom is -0.325 e. The number of anilines is 1. The van der Waals surface area contributed by atoms with Crippen molar-refractivity contribution < 1.29 is 4.79 Å². The fourth-order valence-corrected chi connectivity index (χ4v) is 4.30. The van der Waals surface area contributed by atoms with Crippen LogP contribution in [0.1, 0.15) is 25.0 Å². The highest BCUT2D eigenvalue weighted by Crippen LogP contribution is 2.30. The van der Waals surface area contributed by atoms with E-state index in [9.17, 15) is 9.59 Å². The van der Waals surface area contributed by atoms with E-state index in [4.69, 9.17) is 0 Å². The third-order valence-electron chi connectivity index (χ3n) is 5.19. The molecule has 30 heavy (non-hydrogen) atoms. The molecular weight excluding hydrogens is 394 g/mol. The molecule has 2 aromatic heterocycles. The van der Waals surface area contributed by atoms with E-state index < -0.39 is 0 Å². The Morgan fingerprint density at radius 2 is 1.63 bits per heavy atom. The molecule has 0 aliphatic carbocycles. The SMILES string of the molecule is CCc1ccc(NC(=O)Cn2cnc3scc(-c4ccc(CC)cc4)c3c2=O)cc1. The van der Waals surface area contributed by atoms with E-state index in [0.29, 0.717) is 15.9 Å². The van der Waals surface area contributed by atoms with Crippen LogP contribution < -0.4 is 10.9 Å². The third kappa shape index (κ3) is 4.04. The van der Waals surface area contributed by atoms with Crippen LogP contribution in [0.3, 0.4) is 0 Å². The highest BCUT2D eigenvalue weighted by molar-refractivity contribution is 7.17. The lowest BCUT2D eigenvalue weighted by Gasteiger charge is -2.08. The molecule has 5 nitrogen and oxygen atoms in total. The monoisotopic (exact) mass is 417 g/mol. The van der Waals surface area contributed by atoms with Crippen LogP contribution in [0.2, 0.25) is 0 Å². The number of rotatable bonds is 6. The van der Waals surface area contributed by atoms with Gasteiger partial charge in [-0.15, -0.1) is 11.3 Å². The lowest BCUT2D eigenvalue weighted by atomic mass is 10.0. The molecule has 0 unspecified atom stereocenters. The molecule has 4 aromatic rings. The maximum atomic E-state index is 13.1. The maximum absolute atomic E-state index is 13.1. The summed E-state index contributed by atoms with van der Waals surface area (Å²) in [7, 11) is 0. The summed E-state index contributed by atoms with van der Waals surface area (Å²) >= 11 is 1.44. The number of thiophene rings is 1. The van der Waals surface area contributed by atoms with E-state index in [1.165, 1.54) is 33.4 Å². The average molecular weight is 418 g/mol. The molecule has 0 atom stereocenters. The van der Waals surface area contributed by atoms with Crippen molar-refractivity contribution in [2.45, 2.75) is 33.2 Å². The van der Waals surface area contributed by atoms with Gasteiger partial charge in [-0.2, -0.15) is 0 Å². The molecule has 0 spiro atoms. The highest BCUT2D eigenvalue weighted by atomic mass is 32.1. The summed E-state index contributed by atoms with van der Waals surface area (Å²) in [6.45, 7) is 4.11. The molecule has 0 fully saturated rings. The molecule has 6 heteroatoms. The van der Waals surface area contributed by atoms with Gasteiger partial charge in [-0.1, -0.05) is 50.2 Å². The van der Waals surface area contributed by atoms with Crippen molar-refractivity contribution in [1.82, 2.24) is 9.55 Å². The number of hydrogen-bond acceptors (Lipinski definition) is 4. The van der Waals surface area contributed by atoms with Crippen molar-refractivity contribution in [3.05, 3.63) is 81.7 Å². The number of amides is 1. The smallest absolute Gasteiger partial charge is 0.263 e. The second kappa shape index (κ2) is 8.63. The zero-order valence-electron chi connectivity index (χ0n) is 17.0. The summed E-state index contributed by atoms with van der Waals surface area (Å²) in [5.74, 6) is -0.258. The van der Waals surface area contributed by atoms with Gasteiger partial charge in [0.15, 0.2) is 0 Å². The number of fused-ring (bicyclic) bond motifs is 1. The van der Waals surface area contributed by atoms with Crippen LogP contribution in [-0.2, 0) is 24.2 Å². The van der Waals surface area contributed by atoms with E-state index >= 15 is 0 Å². The van der Waals surface area contributed by atoms with Crippen molar-refractivity contribution in [3.8, 4) is 11.1 Å². The molecule has 0 aliphatic heterocycles. The van der Waals surface area contributed by atoms with Gasteiger partial charge >= 0.3 is 0 Å². The first-order valence-corrected chi connectivity index (χ1v) is 10.9. The summed E-state index contributed by atoms with van der Waals surface area (Å²) in [5, 5.41) is 5.37. The molecule has 1 N–H and O–H groups in total. The topological polar surface area (TPSA) is 64.0 Å². The Kier molecular flexibility index (Phi) is 5.77. The standard InChI is InChI=1S/C24H23N3O2S/c1-3-16-5-9-18(10-6-16)20-14-30-23-22(20)24(29)27(15-25-23)13-21(28)26-19-11-7-17(4-2)8-12-19/h5-12,14-15H,3-4,13H2,1-2H3,(H,26,28). The van der Waals surface area contributed by atoms with E-state index in [1.54, 1.807) is 0 Å². The molecule has 0 saturated heterocycles. The van der Waals surface area contributed by atoms with Gasteiger partial charge in [-0.05, 0) is 41.7 Å². The Labute approximate surface area is 179 Å². The van der Waals surface area contributed by atoms with E-state index in [-0.39, 0.29) is 18.0 Å². The summed E-state index contributed by atoms with van der Waals surface area (Å²) in [4.78, 5) is 30.7. The molecule has 0 saturated carbocycles. The molecule has 2 heterocycles. The first-order chi connectivity index (χ1) is 14.6. The number of nitrogens with one attached hydrogen (secondary N) is 1. The number of carbonyl (C=O) groups is 1. The van der Waals surface area contributed by atoms with Crippen LogP contribution in [0.15, 0.2) is 65.0 Å². The van der Waals surface area contributed by atoms with Crippen molar-refractivity contribution in [1.29, 1.82) is 0 Å². The first kappa shape index (κ1) is 20.0. The van der Waals surface area contributed by atoms with Crippen LogP contribution in [0.4, 0.5) is 5.69 Å². The lowest BCUT2D eigenvalue weighted by Crippen LogP contribution is -2.27. The molecule has 0 aliphatic rings. The number of carbonyl (C=O) groups excluding carboxylic acids is 1. The van der Waals surface area contributed by atoms with Gasteiger partial charge in [0.05, 0.1) is 11.7 Å². The molecule has 2 aromatic carbocycles. The number of hydrogen-bond donors (Lipinski definition) is 1. The van der Waals surface area contributed by atoms with Gasteiger partial charge in [0.1, 0.15) is 11.4 Å². The molecular formula is C24H23N3O2S. The van der Waals surface area contributed by atoms with Crippen molar-refractivity contribution in [2.24, 2.45) is 0 Å². The lowest BCUT2D eigenvalue weighted by molar-refractivity contribution is -0.116. The zero-order valence-corrected chi connectivity index (χ0v) is 17.8. The van der Waals surface area contributed by atoms with Crippen molar-refractivity contribution >= 4 is 33.1 Å². The number of nitrogens with zero attached hydrogens (tertiary/aromatic N) is 2. The van der Waals surface area contributed by atoms with Crippen molar-refractivity contribution in [3.63, 3.8) is 0 Å². The largest absolute Gasteiger partial charge is 0.325 e. The van der Waals surface area contributed by atoms with Gasteiger partial charge in [-0.3, -0.25) is 14.2 Å². The van der Waals surface area contributed by atoms with Crippen LogP contribution in [0, 0.1) is 0 Å². The maximum Gasteiger partial charge on any atom is 0.263 e. The third-order valence-corrected chi connectivity index (χ3v) is 6.08. The van der Waals surface area contributed by atoms with Gasteiger partial charge in [0.25, 0.3) is 5.56 Å². The zero-order chi connectivity index (χ0) is 21.1. The average Bonchev–Trinajstić information content (AvgIpc) is 3.21. The molecule has 152 valence electrons. The van der Waals surface area contributed by atoms with Crippen LogP contribution >= 0.6 is 11.3 Å². The first-order valence-electron chi connectivity index (χ1n) is 10.0. The predicted molar refractivity (Wildman–Crippen MR) is 123 cm³/mol. The van der Waals surface area contributed by atoms with Crippen LogP contribution in [0.5, 0.6) is 0 Å². The second-order valence-corrected chi connectivity index (χ2v) is 8.01.